The lowest BCUT2D eigenvalue weighted by molar-refractivity contribution is 0.463. The fraction of sp³-hybridized carbons (Fsp3) is 0.250. The molecule has 0 radical (unpaired) electrons. The van der Waals surface area contributed by atoms with Crippen LogP contribution in [0.4, 0.5) is 4.39 Å². The van der Waals surface area contributed by atoms with Gasteiger partial charge in [0.25, 0.3) is 0 Å². The molecular formula is C12H12FNO. The van der Waals surface area contributed by atoms with Crippen molar-refractivity contribution in [1.29, 1.82) is 0 Å². The normalized spacial score (nSPS) is 11.2. The molecule has 3 heteroatoms. The zero-order chi connectivity index (χ0) is 11.0. The first-order valence-corrected chi connectivity index (χ1v) is 4.87. The van der Waals surface area contributed by atoms with E-state index >= 15 is 0 Å². The highest BCUT2D eigenvalue weighted by atomic mass is 19.1. The second-order valence-electron chi connectivity index (χ2n) is 3.85. The lowest BCUT2D eigenvalue weighted by Crippen LogP contribution is -1.94. The number of benzene rings is 1. The summed E-state index contributed by atoms with van der Waals surface area (Å²) < 4.78 is 13.4. The summed E-state index contributed by atoms with van der Waals surface area (Å²) in [5, 5.41) is 10.4. The quantitative estimate of drug-likeness (QED) is 0.775. The Kier molecular flexibility index (Phi) is 2.31. The third-order valence-corrected chi connectivity index (χ3v) is 2.45. The topological polar surface area (TPSA) is 33.1 Å². The monoisotopic (exact) mass is 205 g/mol. The zero-order valence-electron chi connectivity index (χ0n) is 8.66. The molecule has 0 spiro atoms. The smallest absolute Gasteiger partial charge is 0.149 e. The van der Waals surface area contributed by atoms with Crippen molar-refractivity contribution in [3.8, 4) is 5.75 Å². The van der Waals surface area contributed by atoms with Gasteiger partial charge in [-0.15, -0.1) is 0 Å². The number of nitrogens with zero attached hydrogens (tertiary/aromatic N) is 1. The molecule has 0 saturated carbocycles. The Labute approximate surface area is 87.4 Å². The standard InChI is InChI=1S/C12H12FNO/c1-7(2)11-8-4-3-5-9(13)12(8)14-6-10(11)15/h3-7,15H,1-2H3. The minimum Gasteiger partial charge on any atom is -0.506 e. The number of halogens is 1. The summed E-state index contributed by atoms with van der Waals surface area (Å²) in [6.07, 6.45) is 1.31. The Morgan fingerprint density at radius 2 is 2.07 bits per heavy atom. The number of rotatable bonds is 1. The van der Waals surface area contributed by atoms with Crippen LogP contribution in [0.25, 0.3) is 10.9 Å². The largest absolute Gasteiger partial charge is 0.506 e. The Hall–Kier alpha value is -1.64. The van der Waals surface area contributed by atoms with Crippen molar-refractivity contribution < 1.29 is 9.50 Å². The number of pyridine rings is 1. The van der Waals surface area contributed by atoms with Gasteiger partial charge in [0.2, 0.25) is 0 Å². The number of para-hydroxylation sites is 1. The summed E-state index contributed by atoms with van der Waals surface area (Å²) in [7, 11) is 0. The fourth-order valence-corrected chi connectivity index (χ4v) is 1.80. The lowest BCUT2D eigenvalue weighted by atomic mass is 9.98. The van der Waals surface area contributed by atoms with Crippen LogP contribution in [-0.2, 0) is 0 Å². The van der Waals surface area contributed by atoms with Gasteiger partial charge in [0.15, 0.2) is 0 Å². The molecule has 78 valence electrons. The summed E-state index contributed by atoms with van der Waals surface area (Å²) in [5.74, 6) is -0.0881. The van der Waals surface area contributed by atoms with E-state index < -0.39 is 0 Å². The minimum atomic E-state index is -0.352. The molecule has 2 aromatic rings. The van der Waals surface area contributed by atoms with E-state index in [0.29, 0.717) is 10.9 Å². The molecule has 0 amide bonds. The first kappa shape index (κ1) is 9.90. The maximum absolute atomic E-state index is 13.4. The average Bonchev–Trinajstić information content (AvgIpc) is 2.17. The van der Waals surface area contributed by atoms with E-state index in [0.717, 1.165) is 5.56 Å². The molecule has 0 fully saturated rings. The van der Waals surface area contributed by atoms with Gasteiger partial charge < -0.3 is 5.11 Å². The summed E-state index contributed by atoms with van der Waals surface area (Å²) in [5.41, 5.74) is 1.07. The van der Waals surface area contributed by atoms with Crippen LogP contribution in [0.3, 0.4) is 0 Å². The van der Waals surface area contributed by atoms with Gasteiger partial charge in [-0.1, -0.05) is 26.0 Å². The van der Waals surface area contributed by atoms with Crippen molar-refractivity contribution in [1.82, 2.24) is 4.98 Å². The zero-order valence-corrected chi connectivity index (χ0v) is 8.66. The predicted molar refractivity (Wildman–Crippen MR) is 57.5 cm³/mol. The average molecular weight is 205 g/mol. The molecule has 1 heterocycles. The van der Waals surface area contributed by atoms with Crippen LogP contribution in [0.5, 0.6) is 5.75 Å². The van der Waals surface area contributed by atoms with Gasteiger partial charge in [-0.05, 0) is 12.0 Å². The fourth-order valence-electron chi connectivity index (χ4n) is 1.80. The van der Waals surface area contributed by atoms with Crippen molar-refractivity contribution >= 4 is 10.9 Å². The van der Waals surface area contributed by atoms with Gasteiger partial charge in [-0.2, -0.15) is 0 Å². The molecule has 0 saturated heterocycles. The van der Waals surface area contributed by atoms with Crippen LogP contribution in [-0.4, -0.2) is 10.1 Å². The maximum Gasteiger partial charge on any atom is 0.149 e. The van der Waals surface area contributed by atoms with Gasteiger partial charge in [-0.25, -0.2) is 9.37 Å². The highest BCUT2D eigenvalue weighted by Gasteiger charge is 2.13. The van der Waals surface area contributed by atoms with Crippen molar-refractivity contribution in [3.63, 3.8) is 0 Å². The van der Waals surface area contributed by atoms with E-state index in [-0.39, 0.29) is 17.5 Å². The molecule has 0 bridgehead atoms. The summed E-state index contributed by atoms with van der Waals surface area (Å²) in [6.45, 7) is 3.92. The van der Waals surface area contributed by atoms with Crippen LogP contribution in [0.2, 0.25) is 0 Å². The van der Waals surface area contributed by atoms with Gasteiger partial charge in [0.05, 0.1) is 6.20 Å². The first-order chi connectivity index (χ1) is 7.11. The maximum atomic E-state index is 13.4. The number of aromatic hydroxyl groups is 1. The van der Waals surface area contributed by atoms with Gasteiger partial charge in [-0.3, -0.25) is 0 Å². The molecule has 1 aromatic heterocycles. The van der Waals surface area contributed by atoms with E-state index in [9.17, 15) is 9.50 Å². The summed E-state index contributed by atoms with van der Waals surface area (Å²) in [4.78, 5) is 3.90. The Morgan fingerprint density at radius 3 is 2.73 bits per heavy atom. The molecular weight excluding hydrogens is 193 g/mol. The van der Waals surface area contributed by atoms with E-state index in [1.54, 1.807) is 12.1 Å². The van der Waals surface area contributed by atoms with Crippen LogP contribution in [0.1, 0.15) is 25.3 Å². The van der Waals surface area contributed by atoms with Crippen molar-refractivity contribution in [3.05, 3.63) is 35.8 Å². The Morgan fingerprint density at radius 1 is 1.33 bits per heavy atom. The number of hydrogen-bond donors (Lipinski definition) is 1. The minimum absolute atomic E-state index is 0.128. The molecule has 0 aliphatic rings. The first-order valence-electron chi connectivity index (χ1n) is 4.87. The molecule has 0 aliphatic carbocycles. The predicted octanol–water partition coefficient (Wildman–Crippen LogP) is 3.20. The molecule has 0 atom stereocenters. The third kappa shape index (κ3) is 1.54. The molecule has 2 nitrogen and oxygen atoms in total. The molecule has 1 aromatic carbocycles. The highest BCUT2D eigenvalue weighted by molar-refractivity contribution is 5.84. The highest BCUT2D eigenvalue weighted by Crippen LogP contribution is 2.32. The molecule has 0 aliphatic heterocycles. The van der Waals surface area contributed by atoms with Crippen molar-refractivity contribution in [2.24, 2.45) is 0 Å². The van der Waals surface area contributed by atoms with E-state index in [4.69, 9.17) is 0 Å². The van der Waals surface area contributed by atoms with Crippen LogP contribution < -0.4 is 0 Å². The summed E-state index contributed by atoms with van der Waals surface area (Å²) >= 11 is 0. The SMILES string of the molecule is CC(C)c1c(O)cnc2c(F)cccc12. The number of fused-ring (bicyclic) bond motifs is 1. The van der Waals surface area contributed by atoms with Gasteiger partial charge in [0, 0.05) is 10.9 Å². The Bertz CT molecular complexity index is 508. The van der Waals surface area contributed by atoms with Crippen molar-refractivity contribution in [2.75, 3.05) is 0 Å². The molecule has 0 unspecified atom stereocenters. The van der Waals surface area contributed by atoms with E-state index in [2.05, 4.69) is 4.98 Å². The molecule has 1 N–H and O–H groups in total. The molecule has 2 rings (SSSR count). The third-order valence-electron chi connectivity index (χ3n) is 2.45. The second-order valence-corrected chi connectivity index (χ2v) is 3.85. The number of aromatic nitrogens is 1. The summed E-state index contributed by atoms with van der Waals surface area (Å²) in [6, 6.07) is 4.78. The molecule has 15 heavy (non-hydrogen) atoms. The van der Waals surface area contributed by atoms with E-state index in [1.807, 2.05) is 13.8 Å². The van der Waals surface area contributed by atoms with Crippen molar-refractivity contribution in [2.45, 2.75) is 19.8 Å². The van der Waals surface area contributed by atoms with Gasteiger partial charge >= 0.3 is 0 Å². The van der Waals surface area contributed by atoms with Crippen LogP contribution in [0, 0.1) is 5.82 Å². The van der Waals surface area contributed by atoms with Crippen LogP contribution in [0.15, 0.2) is 24.4 Å². The number of hydrogen-bond acceptors (Lipinski definition) is 2. The van der Waals surface area contributed by atoms with Crippen LogP contribution >= 0.6 is 0 Å². The Balaban J connectivity index is 2.88. The van der Waals surface area contributed by atoms with Gasteiger partial charge in [0.1, 0.15) is 17.1 Å². The second kappa shape index (κ2) is 3.50. The lowest BCUT2D eigenvalue weighted by Gasteiger charge is -2.11. The van der Waals surface area contributed by atoms with E-state index in [1.165, 1.54) is 12.3 Å².